The van der Waals surface area contributed by atoms with E-state index in [4.69, 9.17) is 9.84 Å². The van der Waals surface area contributed by atoms with Crippen LogP contribution in [0.5, 0.6) is 0 Å². The van der Waals surface area contributed by atoms with Crippen LogP contribution < -0.4 is 4.90 Å². The standard InChI is InChI=1S/C23H23NO3/c1-22(2)19-8-3-4-9-20(19)24-15-16-27-23(22,24)14-6-5-7-17-10-12-18(13-11-17)21(25)26/h3-14H,15-16H2,1-2H3,(H,25,26). The molecular weight excluding hydrogens is 338 g/mol. The molecule has 2 aromatic carbocycles. The number of hydrogen-bond acceptors (Lipinski definition) is 3. The minimum absolute atomic E-state index is 0.159. The number of carboxylic acids is 1. The Kier molecular flexibility index (Phi) is 4.16. The van der Waals surface area contributed by atoms with Crippen LogP contribution in [0.3, 0.4) is 0 Å². The van der Waals surface area contributed by atoms with Gasteiger partial charge in [-0.1, -0.05) is 62.4 Å². The molecule has 2 aliphatic rings. The minimum Gasteiger partial charge on any atom is -0.478 e. The lowest BCUT2D eigenvalue weighted by Crippen LogP contribution is -2.51. The number of rotatable bonds is 4. The van der Waals surface area contributed by atoms with Crippen molar-refractivity contribution in [3.05, 3.63) is 83.4 Å². The Morgan fingerprint density at radius 3 is 2.59 bits per heavy atom. The molecule has 27 heavy (non-hydrogen) atoms. The molecule has 138 valence electrons. The van der Waals surface area contributed by atoms with Gasteiger partial charge in [-0.3, -0.25) is 0 Å². The smallest absolute Gasteiger partial charge is 0.335 e. The van der Waals surface area contributed by atoms with E-state index in [0.717, 1.165) is 12.1 Å². The molecule has 0 bridgehead atoms. The van der Waals surface area contributed by atoms with Crippen LogP contribution in [0.1, 0.15) is 35.3 Å². The fourth-order valence-corrected chi connectivity index (χ4v) is 4.22. The van der Waals surface area contributed by atoms with E-state index in [1.807, 2.05) is 18.2 Å². The molecule has 0 aliphatic carbocycles. The van der Waals surface area contributed by atoms with Crippen molar-refractivity contribution in [2.45, 2.75) is 25.0 Å². The van der Waals surface area contributed by atoms with Gasteiger partial charge in [-0.25, -0.2) is 4.79 Å². The van der Waals surface area contributed by atoms with Crippen molar-refractivity contribution >= 4 is 17.7 Å². The van der Waals surface area contributed by atoms with Gasteiger partial charge in [0.25, 0.3) is 0 Å². The van der Waals surface area contributed by atoms with E-state index in [0.29, 0.717) is 12.2 Å². The first-order valence-corrected chi connectivity index (χ1v) is 9.16. The van der Waals surface area contributed by atoms with Crippen molar-refractivity contribution in [1.82, 2.24) is 0 Å². The highest BCUT2D eigenvalue weighted by atomic mass is 16.5. The molecule has 0 spiro atoms. The summed E-state index contributed by atoms with van der Waals surface area (Å²) < 4.78 is 6.30. The Labute approximate surface area is 159 Å². The summed E-state index contributed by atoms with van der Waals surface area (Å²) in [5.41, 5.74) is 3.17. The second-order valence-electron chi connectivity index (χ2n) is 7.48. The van der Waals surface area contributed by atoms with Crippen LogP contribution in [0.2, 0.25) is 0 Å². The largest absolute Gasteiger partial charge is 0.478 e. The van der Waals surface area contributed by atoms with Crippen LogP contribution in [-0.2, 0) is 10.2 Å². The third kappa shape index (κ3) is 2.68. The highest BCUT2D eigenvalue weighted by molar-refractivity contribution is 5.87. The van der Waals surface area contributed by atoms with E-state index in [-0.39, 0.29) is 5.41 Å². The third-order valence-corrected chi connectivity index (χ3v) is 5.68. The zero-order chi connectivity index (χ0) is 19.1. The first kappa shape index (κ1) is 17.6. The summed E-state index contributed by atoms with van der Waals surface area (Å²) >= 11 is 0. The van der Waals surface area contributed by atoms with E-state index >= 15 is 0 Å². The van der Waals surface area contributed by atoms with Crippen molar-refractivity contribution in [1.29, 1.82) is 0 Å². The second kappa shape index (κ2) is 6.39. The van der Waals surface area contributed by atoms with Gasteiger partial charge in [-0.15, -0.1) is 0 Å². The molecule has 2 heterocycles. The number of fused-ring (bicyclic) bond motifs is 3. The summed E-state index contributed by atoms with van der Waals surface area (Å²) in [6, 6.07) is 15.4. The van der Waals surface area contributed by atoms with E-state index in [9.17, 15) is 4.79 Å². The van der Waals surface area contributed by atoms with Crippen molar-refractivity contribution in [2.24, 2.45) is 0 Å². The Balaban J connectivity index is 1.59. The SMILES string of the molecule is CC1(C)c2ccccc2N2CCOC21C=CC=Cc1ccc(C(=O)O)cc1. The second-order valence-corrected chi connectivity index (χ2v) is 7.48. The predicted octanol–water partition coefficient (Wildman–Crippen LogP) is 4.48. The van der Waals surface area contributed by atoms with Crippen molar-refractivity contribution in [3.8, 4) is 0 Å². The fraction of sp³-hybridized carbons (Fsp3) is 0.261. The van der Waals surface area contributed by atoms with Gasteiger partial charge in [0.05, 0.1) is 12.2 Å². The predicted molar refractivity (Wildman–Crippen MR) is 107 cm³/mol. The molecular formula is C23H23NO3. The number of nitrogens with zero attached hydrogens (tertiary/aromatic N) is 1. The van der Waals surface area contributed by atoms with E-state index < -0.39 is 11.7 Å². The highest BCUT2D eigenvalue weighted by Gasteiger charge is 2.58. The Morgan fingerprint density at radius 2 is 1.85 bits per heavy atom. The number of allylic oxidation sites excluding steroid dienone is 2. The van der Waals surface area contributed by atoms with E-state index in [2.05, 4.69) is 49.1 Å². The van der Waals surface area contributed by atoms with Crippen LogP contribution in [-0.4, -0.2) is 30.0 Å². The van der Waals surface area contributed by atoms with Gasteiger partial charge in [0.15, 0.2) is 5.72 Å². The monoisotopic (exact) mass is 361 g/mol. The molecule has 0 amide bonds. The summed E-state index contributed by atoms with van der Waals surface area (Å²) in [6.45, 7) is 6.05. The van der Waals surface area contributed by atoms with Crippen LogP contribution in [0.4, 0.5) is 5.69 Å². The maximum atomic E-state index is 10.9. The number of carbonyl (C=O) groups is 1. The van der Waals surface area contributed by atoms with Gasteiger partial charge in [-0.2, -0.15) is 0 Å². The number of aromatic carboxylic acids is 1. The molecule has 0 saturated carbocycles. The molecule has 0 radical (unpaired) electrons. The molecule has 4 nitrogen and oxygen atoms in total. The summed E-state index contributed by atoms with van der Waals surface area (Å²) in [5.74, 6) is -0.911. The summed E-state index contributed by atoms with van der Waals surface area (Å²) in [5, 5.41) is 8.97. The van der Waals surface area contributed by atoms with Crippen molar-refractivity contribution in [2.75, 3.05) is 18.1 Å². The normalized spacial score (nSPS) is 23.1. The van der Waals surface area contributed by atoms with Crippen LogP contribution in [0.25, 0.3) is 6.08 Å². The molecule has 2 aromatic rings. The Hall–Kier alpha value is -2.85. The molecule has 1 N–H and O–H groups in total. The molecule has 2 aliphatic heterocycles. The van der Waals surface area contributed by atoms with Gasteiger partial charge in [0.1, 0.15) is 0 Å². The molecule has 1 saturated heterocycles. The van der Waals surface area contributed by atoms with Crippen molar-refractivity contribution < 1.29 is 14.6 Å². The van der Waals surface area contributed by atoms with E-state index in [1.165, 1.54) is 11.3 Å². The average Bonchev–Trinajstić information content (AvgIpc) is 3.17. The molecule has 1 atom stereocenters. The van der Waals surface area contributed by atoms with Crippen LogP contribution in [0, 0.1) is 0 Å². The molecule has 1 unspecified atom stereocenters. The topological polar surface area (TPSA) is 49.8 Å². The summed E-state index contributed by atoms with van der Waals surface area (Å²) in [4.78, 5) is 13.3. The zero-order valence-corrected chi connectivity index (χ0v) is 15.6. The third-order valence-electron chi connectivity index (χ3n) is 5.68. The molecule has 0 aromatic heterocycles. The first-order valence-electron chi connectivity index (χ1n) is 9.16. The first-order chi connectivity index (χ1) is 13.0. The number of carboxylic acid groups (broad SMARTS) is 1. The lowest BCUT2D eigenvalue weighted by atomic mass is 9.77. The van der Waals surface area contributed by atoms with Gasteiger partial charge >= 0.3 is 5.97 Å². The highest BCUT2D eigenvalue weighted by Crippen LogP contribution is 2.54. The zero-order valence-electron chi connectivity index (χ0n) is 15.6. The Morgan fingerprint density at radius 1 is 1.11 bits per heavy atom. The molecule has 4 rings (SSSR count). The van der Waals surface area contributed by atoms with E-state index in [1.54, 1.807) is 24.3 Å². The maximum absolute atomic E-state index is 10.9. The average molecular weight is 361 g/mol. The molecule has 4 heteroatoms. The number of anilines is 1. The molecule has 1 fully saturated rings. The lowest BCUT2D eigenvalue weighted by Gasteiger charge is -2.39. The number of benzene rings is 2. The van der Waals surface area contributed by atoms with Gasteiger partial charge in [0, 0.05) is 17.6 Å². The maximum Gasteiger partial charge on any atom is 0.335 e. The number of para-hydroxylation sites is 1. The summed E-state index contributed by atoms with van der Waals surface area (Å²) in [6.07, 6.45) is 8.11. The lowest BCUT2D eigenvalue weighted by molar-refractivity contribution is -0.000292. The fourth-order valence-electron chi connectivity index (χ4n) is 4.22. The van der Waals surface area contributed by atoms with Crippen molar-refractivity contribution in [3.63, 3.8) is 0 Å². The van der Waals surface area contributed by atoms with Crippen LogP contribution in [0.15, 0.2) is 66.8 Å². The number of ether oxygens (including phenoxy) is 1. The van der Waals surface area contributed by atoms with Gasteiger partial charge < -0.3 is 14.7 Å². The quantitative estimate of drug-likeness (QED) is 0.816. The van der Waals surface area contributed by atoms with Gasteiger partial charge in [-0.05, 0) is 35.4 Å². The minimum atomic E-state index is -0.911. The Bertz CT molecular complexity index is 927. The van der Waals surface area contributed by atoms with Crippen LogP contribution >= 0.6 is 0 Å². The van der Waals surface area contributed by atoms with Gasteiger partial charge in [0.2, 0.25) is 0 Å². The number of hydrogen-bond donors (Lipinski definition) is 1. The summed E-state index contributed by atoms with van der Waals surface area (Å²) in [7, 11) is 0.